The van der Waals surface area contributed by atoms with E-state index in [1.54, 1.807) is 12.1 Å². The summed E-state index contributed by atoms with van der Waals surface area (Å²) in [6.07, 6.45) is 0. The number of nitrogen functional groups attached to an aromatic ring is 1. The first kappa shape index (κ1) is 15.4. The summed E-state index contributed by atoms with van der Waals surface area (Å²) >= 11 is 0. The van der Waals surface area contributed by atoms with Gasteiger partial charge in [-0.1, -0.05) is 0 Å². The maximum Gasteiger partial charge on any atom is 0.270 e. The molecule has 9 nitrogen and oxygen atoms in total. The van der Waals surface area contributed by atoms with E-state index in [1.165, 1.54) is 0 Å². The maximum absolute atomic E-state index is 12.2. The molecule has 0 saturated carbocycles. The minimum absolute atomic E-state index is 0.198. The average Bonchev–Trinajstić information content (AvgIpc) is 2.38. The molecule has 0 amide bonds. The molecule has 104 valence electrons. The lowest BCUT2D eigenvalue weighted by atomic mass is 10.3. The number of nitro benzene ring substituents is 1. The molecule has 1 rings (SSSR count). The van der Waals surface area contributed by atoms with Crippen molar-refractivity contribution >= 4 is 21.4 Å². The van der Waals surface area contributed by atoms with E-state index in [0.29, 0.717) is 4.31 Å². The first-order chi connectivity index (χ1) is 9.34. The molecule has 0 aliphatic heterocycles. The first-order valence-electron chi connectivity index (χ1n) is 5.12. The Balaban J connectivity index is 3.41. The van der Waals surface area contributed by atoms with Gasteiger partial charge >= 0.3 is 0 Å². The van der Waals surface area contributed by atoms with Crippen LogP contribution in [0.3, 0.4) is 0 Å². The van der Waals surface area contributed by atoms with E-state index in [-0.39, 0.29) is 5.69 Å². The topological polar surface area (TPSA) is 154 Å². The normalized spacial score (nSPS) is 10.8. The number of benzene rings is 1. The van der Waals surface area contributed by atoms with Crippen molar-refractivity contribution in [3.05, 3.63) is 28.3 Å². The number of hydrogen-bond acceptors (Lipinski definition) is 7. The minimum Gasteiger partial charge on any atom is -0.398 e. The Hall–Kier alpha value is -2.69. The van der Waals surface area contributed by atoms with E-state index in [0.717, 1.165) is 18.2 Å². The number of non-ortho nitro benzene ring substituents is 1. The van der Waals surface area contributed by atoms with E-state index in [1.807, 2.05) is 0 Å². The summed E-state index contributed by atoms with van der Waals surface area (Å²) < 4.78 is 25.0. The van der Waals surface area contributed by atoms with Crippen LogP contribution in [-0.2, 0) is 10.0 Å². The Labute approximate surface area is 114 Å². The Bertz CT molecular complexity index is 700. The van der Waals surface area contributed by atoms with Crippen molar-refractivity contribution in [2.75, 3.05) is 18.8 Å². The van der Waals surface area contributed by atoms with Gasteiger partial charge in [-0.25, -0.2) is 8.42 Å². The van der Waals surface area contributed by atoms with Crippen LogP contribution in [0.1, 0.15) is 0 Å². The predicted octanol–water partition coefficient (Wildman–Crippen LogP) is 0.215. The number of nitro groups is 1. The Morgan fingerprint density at radius 1 is 1.30 bits per heavy atom. The molecular weight excluding hydrogens is 286 g/mol. The molecule has 0 atom stereocenters. The van der Waals surface area contributed by atoms with Crippen LogP contribution in [0.15, 0.2) is 23.1 Å². The second-order valence-corrected chi connectivity index (χ2v) is 5.47. The van der Waals surface area contributed by atoms with Crippen LogP contribution in [0.4, 0.5) is 11.4 Å². The summed E-state index contributed by atoms with van der Waals surface area (Å²) in [6.45, 7) is -1.12. The third kappa shape index (κ3) is 3.00. The summed E-state index contributed by atoms with van der Waals surface area (Å²) in [5.74, 6) is 0. The van der Waals surface area contributed by atoms with Crippen LogP contribution in [0.2, 0.25) is 0 Å². The van der Waals surface area contributed by atoms with Crippen molar-refractivity contribution < 1.29 is 13.3 Å². The smallest absolute Gasteiger partial charge is 0.270 e. The van der Waals surface area contributed by atoms with Crippen molar-refractivity contribution in [1.29, 1.82) is 10.5 Å². The maximum atomic E-state index is 12.2. The van der Waals surface area contributed by atoms with Crippen LogP contribution >= 0.6 is 0 Å². The van der Waals surface area contributed by atoms with Crippen LogP contribution in [0.25, 0.3) is 0 Å². The standard InChI is InChI=1S/C10H9N5O4S/c11-3-5-14(6-4-12)20(18,19)10-7-8(15(16)17)1-2-9(10)13/h1-2,7H,5-6,13H2. The van der Waals surface area contributed by atoms with Crippen LogP contribution in [-0.4, -0.2) is 30.7 Å². The fraction of sp³-hybridized carbons (Fsp3) is 0.200. The fourth-order valence-electron chi connectivity index (χ4n) is 1.38. The van der Waals surface area contributed by atoms with Crippen molar-refractivity contribution in [2.24, 2.45) is 0 Å². The fourth-order valence-corrected chi connectivity index (χ4v) is 2.75. The number of rotatable bonds is 5. The summed E-state index contributed by atoms with van der Waals surface area (Å²) in [6, 6.07) is 6.16. The largest absolute Gasteiger partial charge is 0.398 e. The van der Waals surface area contributed by atoms with E-state index in [4.69, 9.17) is 16.3 Å². The molecule has 0 spiro atoms. The van der Waals surface area contributed by atoms with Gasteiger partial charge in [-0.3, -0.25) is 10.1 Å². The molecule has 0 radical (unpaired) electrons. The van der Waals surface area contributed by atoms with Gasteiger partial charge in [0.05, 0.1) is 22.7 Å². The third-order valence-corrected chi connectivity index (χ3v) is 4.17. The van der Waals surface area contributed by atoms with E-state index >= 15 is 0 Å². The molecule has 0 fully saturated rings. The zero-order valence-corrected chi connectivity index (χ0v) is 10.9. The third-order valence-electron chi connectivity index (χ3n) is 2.32. The number of nitriles is 2. The van der Waals surface area contributed by atoms with Crippen molar-refractivity contribution in [2.45, 2.75) is 4.90 Å². The molecular formula is C10H9N5O4S. The molecule has 2 N–H and O–H groups in total. The Kier molecular flexibility index (Phi) is 4.59. The zero-order chi connectivity index (χ0) is 15.3. The highest BCUT2D eigenvalue weighted by Gasteiger charge is 2.28. The zero-order valence-electron chi connectivity index (χ0n) is 10.1. The van der Waals surface area contributed by atoms with Gasteiger partial charge in [0.2, 0.25) is 10.0 Å². The number of nitrogens with zero attached hydrogens (tertiary/aromatic N) is 4. The van der Waals surface area contributed by atoms with Crippen LogP contribution in [0, 0.1) is 32.8 Å². The number of sulfonamides is 1. The summed E-state index contributed by atoms with van der Waals surface area (Å²) in [4.78, 5) is 9.40. The minimum atomic E-state index is -4.25. The summed E-state index contributed by atoms with van der Waals surface area (Å²) in [5.41, 5.74) is 4.86. The van der Waals surface area contributed by atoms with Crippen molar-refractivity contribution in [3.8, 4) is 12.1 Å². The number of hydrogen-bond donors (Lipinski definition) is 1. The molecule has 10 heteroatoms. The van der Waals surface area contributed by atoms with Gasteiger partial charge in [-0.2, -0.15) is 14.8 Å². The van der Waals surface area contributed by atoms with Gasteiger partial charge in [0.25, 0.3) is 5.69 Å². The lowest BCUT2D eigenvalue weighted by Gasteiger charge is -2.16. The summed E-state index contributed by atoms with van der Waals surface area (Å²) in [5, 5.41) is 27.8. The molecule has 0 aliphatic rings. The Morgan fingerprint density at radius 2 is 1.85 bits per heavy atom. The van der Waals surface area contributed by atoms with Gasteiger partial charge in [-0.05, 0) is 6.07 Å². The van der Waals surface area contributed by atoms with E-state index in [2.05, 4.69) is 0 Å². The van der Waals surface area contributed by atoms with Crippen LogP contribution in [0.5, 0.6) is 0 Å². The molecule has 0 aliphatic carbocycles. The average molecular weight is 295 g/mol. The molecule has 1 aromatic carbocycles. The first-order valence-corrected chi connectivity index (χ1v) is 6.56. The second-order valence-electron chi connectivity index (χ2n) is 3.57. The monoisotopic (exact) mass is 295 g/mol. The number of nitrogens with two attached hydrogens (primary N) is 1. The van der Waals surface area contributed by atoms with E-state index < -0.39 is 38.6 Å². The lowest BCUT2D eigenvalue weighted by Crippen LogP contribution is -2.32. The highest BCUT2D eigenvalue weighted by Crippen LogP contribution is 2.26. The SMILES string of the molecule is N#CCN(CC#N)S(=O)(=O)c1cc([N+](=O)[O-])ccc1N. The van der Waals surface area contributed by atoms with Gasteiger partial charge in [-0.15, -0.1) is 0 Å². The van der Waals surface area contributed by atoms with Crippen molar-refractivity contribution in [3.63, 3.8) is 0 Å². The molecule has 20 heavy (non-hydrogen) atoms. The Morgan fingerprint density at radius 3 is 2.30 bits per heavy atom. The second kappa shape index (κ2) is 5.97. The van der Waals surface area contributed by atoms with Crippen LogP contribution < -0.4 is 5.73 Å². The van der Waals surface area contributed by atoms with Gasteiger partial charge in [0.1, 0.15) is 18.0 Å². The molecule has 0 unspecified atom stereocenters. The highest BCUT2D eigenvalue weighted by molar-refractivity contribution is 7.89. The molecule has 0 bridgehead atoms. The van der Waals surface area contributed by atoms with Gasteiger partial charge in [0, 0.05) is 12.1 Å². The van der Waals surface area contributed by atoms with Gasteiger partial charge < -0.3 is 5.73 Å². The molecule has 0 saturated heterocycles. The summed E-state index contributed by atoms with van der Waals surface area (Å²) in [7, 11) is -4.25. The van der Waals surface area contributed by atoms with Crippen molar-refractivity contribution in [1.82, 2.24) is 4.31 Å². The molecule has 0 heterocycles. The predicted molar refractivity (Wildman–Crippen MR) is 67.5 cm³/mol. The highest BCUT2D eigenvalue weighted by atomic mass is 32.2. The van der Waals surface area contributed by atoms with E-state index in [9.17, 15) is 18.5 Å². The molecule has 1 aromatic rings. The molecule has 0 aromatic heterocycles. The quantitative estimate of drug-likeness (QED) is 0.352. The number of anilines is 1. The van der Waals surface area contributed by atoms with Gasteiger partial charge in [0.15, 0.2) is 0 Å². The lowest BCUT2D eigenvalue weighted by molar-refractivity contribution is -0.385.